The molecule has 0 aliphatic heterocycles. The molecule has 0 aromatic carbocycles. The lowest BCUT2D eigenvalue weighted by Gasteiger charge is -2.33. The van der Waals surface area contributed by atoms with E-state index in [1.165, 1.54) is 0 Å². The van der Waals surface area contributed by atoms with Crippen LogP contribution in [0.5, 0.6) is 0 Å². The third-order valence-corrected chi connectivity index (χ3v) is 2.41. The van der Waals surface area contributed by atoms with Crippen molar-refractivity contribution in [3.63, 3.8) is 0 Å². The van der Waals surface area contributed by atoms with Crippen molar-refractivity contribution in [3.05, 3.63) is 0 Å². The Morgan fingerprint density at radius 2 is 1.16 bits per heavy atom. The van der Waals surface area contributed by atoms with Crippen LogP contribution in [0.1, 0.15) is 12.8 Å². The summed E-state index contributed by atoms with van der Waals surface area (Å²) in [5, 5.41) is -3.19. The number of alkyl halides is 7. The van der Waals surface area contributed by atoms with Gasteiger partial charge in [0.1, 0.15) is 0 Å². The van der Waals surface area contributed by atoms with Crippen LogP contribution in [0.2, 0.25) is 0 Å². The predicted octanol–water partition coefficient (Wildman–Crippen LogP) is 3.75. The molecule has 0 aliphatic carbocycles. The Kier molecular flexibility index (Phi) is 5.65. The van der Waals surface area contributed by atoms with Crippen molar-refractivity contribution in [2.75, 3.05) is 0 Å². The minimum Gasteiger partial charge on any atom is -0.281 e. The minimum absolute atomic E-state index is 1.56. The van der Waals surface area contributed by atoms with Crippen molar-refractivity contribution in [1.29, 1.82) is 0 Å². The van der Waals surface area contributed by atoms with Crippen LogP contribution in [0.15, 0.2) is 0 Å². The van der Waals surface area contributed by atoms with Gasteiger partial charge >= 0.3 is 18.0 Å². The number of halogens is 9. The first-order valence-electron chi connectivity index (χ1n) is 4.42. The molecule has 2 nitrogen and oxygen atoms in total. The van der Waals surface area contributed by atoms with Gasteiger partial charge in [0, 0.05) is 18.8 Å². The van der Waals surface area contributed by atoms with Gasteiger partial charge in [-0.15, -0.1) is 0 Å². The molecule has 112 valence electrons. The molecule has 0 spiro atoms. The molecule has 11 heteroatoms. The largest absolute Gasteiger partial charge is 0.459 e. The van der Waals surface area contributed by atoms with Crippen LogP contribution in [0.3, 0.4) is 0 Å². The summed E-state index contributed by atoms with van der Waals surface area (Å²) in [6.07, 6.45) is -9.67. The Bertz CT molecular complexity index is 351. The normalized spacial score (nSPS) is 13.8. The Hall–Kier alpha value is -0.570. The Balaban J connectivity index is 5.50. The number of carbonyl (C=O) groups excluding carboxylic acids is 2. The van der Waals surface area contributed by atoms with E-state index in [1.54, 1.807) is 0 Å². The molecule has 0 heterocycles. The maximum absolute atomic E-state index is 13.2. The summed E-state index contributed by atoms with van der Waals surface area (Å²) in [7, 11) is 0. The first-order chi connectivity index (χ1) is 8.23. The van der Waals surface area contributed by atoms with Crippen molar-refractivity contribution in [3.8, 4) is 0 Å². The first kappa shape index (κ1) is 18.4. The molecule has 19 heavy (non-hydrogen) atoms. The molecule has 0 fully saturated rings. The number of hydrogen-bond acceptors (Lipinski definition) is 2. The fourth-order valence-corrected chi connectivity index (χ4v) is 1.53. The number of carbonyl (C=O) groups is 2. The molecular weight excluding hydrogens is 332 g/mol. The van der Waals surface area contributed by atoms with Crippen molar-refractivity contribution < 1.29 is 40.3 Å². The summed E-state index contributed by atoms with van der Waals surface area (Å²) in [5.41, 5.74) is 0. The summed E-state index contributed by atoms with van der Waals surface area (Å²) in [4.78, 5) is 20.8. The molecule has 0 saturated heterocycles. The van der Waals surface area contributed by atoms with Gasteiger partial charge in [0.05, 0.1) is 0 Å². The van der Waals surface area contributed by atoms with Crippen LogP contribution in [0, 0.1) is 5.92 Å². The molecule has 0 atom stereocenters. The zero-order valence-corrected chi connectivity index (χ0v) is 10.2. The van der Waals surface area contributed by atoms with Crippen LogP contribution in [0.4, 0.5) is 30.7 Å². The number of rotatable bonds is 6. The van der Waals surface area contributed by atoms with Gasteiger partial charge in [-0.25, -0.2) is 0 Å². The Morgan fingerprint density at radius 1 is 0.842 bits per heavy atom. The molecule has 0 aromatic heterocycles. The van der Waals surface area contributed by atoms with Crippen molar-refractivity contribution in [2.45, 2.75) is 30.9 Å². The number of hydrogen-bond donors (Lipinski definition) is 0. The molecule has 0 unspecified atom stereocenters. The van der Waals surface area contributed by atoms with E-state index in [1.807, 2.05) is 0 Å². The van der Waals surface area contributed by atoms with Crippen molar-refractivity contribution in [1.82, 2.24) is 0 Å². The smallest absolute Gasteiger partial charge is 0.281 e. The van der Waals surface area contributed by atoms with Gasteiger partial charge in [0.15, 0.2) is 0 Å². The van der Waals surface area contributed by atoms with Gasteiger partial charge < -0.3 is 0 Å². The van der Waals surface area contributed by atoms with Crippen LogP contribution < -0.4 is 0 Å². The minimum atomic E-state index is -6.56. The summed E-state index contributed by atoms with van der Waals surface area (Å²) in [6.45, 7) is 0. The lowest BCUT2D eigenvalue weighted by atomic mass is 9.90. The highest BCUT2D eigenvalue weighted by atomic mass is 35.5. The van der Waals surface area contributed by atoms with Gasteiger partial charge in [-0.05, 0) is 23.2 Å². The topological polar surface area (TPSA) is 34.1 Å². The van der Waals surface area contributed by atoms with Crippen LogP contribution in [-0.4, -0.2) is 28.5 Å². The molecule has 0 aromatic rings. The molecule has 0 N–H and O–H groups in total. The average Bonchev–Trinajstić information content (AvgIpc) is 2.12. The van der Waals surface area contributed by atoms with E-state index in [0.29, 0.717) is 0 Å². The van der Waals surface area contributed by atoms with Crippen molar-refractivity contribution in [2.24, 2.45) is 5.92 Å². The lowest BCUT2D eigenvalue weighted by Crippen LogP contribution is -2.56. The lowest BCUT2D eigenvalue weighted by molar-refractivity contribution is -0.365. The fourth-order valence-electron chi connectivity index (χ4n) is 1.16. The van der Waals surface area contributed by atoms with E-state index >= 15 is 0 Å². The molecule has 0 radical (unpaired) electrons. The highest BCUT2D eigenvalue weighted by Crippen LogP contribution is 2.51. The maximum atomic E-state index is 13.2. The fraction of sp³-hybridized carbons (Fsp3) is 0.750. The molecular formula is C8H5Cl2F7O2. The molecule has 0 aliphatic rings. The highest BCUT2D eigenvalue weighted by Gasteiger charge is 2.75. The van der Waals surface area contributed by atoms with Crippen molar-refractivity contribution >= 4 is 33.7 Å². The standard InChI is InChI=1S/C8H5Cl2F7O2/c9-4(18)1-3(2-5(10)19)6(11,12)7(13,14)8(15,16)17/h3H,1-2H2. The highest BCUT2D eigenvalue weighted by molar-refractivity contribution is 6.64. The van der Waals surface area contributed by atoms with E-state index in [0.717, 1.165) is 0 Å². The van der Waals surface area contributed by atoms with Gasteiger partial charge in [-0.3, -0.25) is 9.59 Å². The first-order valence-corrected chi connectivity index (χ1v) is 5.18. The second-order valence-corrected chi connectivity index (χ2v) is 4.35. The molecule has 0 rings (SSSR count). The monoisotopic (exact) mass is 336 g/mol. The zero-order valence-electron chi connectivity index (χ0n) is 8.71. The predicted molar refractivity (Wildman–Crippen MR) is 50.4 cm³/mol. The second kappa shape index (κ2) is 5.82. The van der Waals surface area contributed by atoms with E-state index in [2.05, 4.69) is 23.2 Å². The van der Waals surface area contributed by atoms with Gasteiger partial charge in [0.25, 0.3) is 0 Å². The summed E-state index contributed by atoms with van der Waals surface area (Å²) in [5.74, 6) is -15.1. The molecule has 0 saturated carbocycles. The average molecular weight is 337 g/mol. The van der Waals surface area contributed by atoms with Gasteiger partial charge in [0.2, 0.25) is 10.5 Å². The van der Waals surface area contributed by atoms with Crippen LogP contribution >= 0.6 is 23.2 Å². The SMILES string of the molecule is O=C(Cl)CC(CC(=O)Cl)C(F)(F)C(F)(F)C(F)(F)F. The van der Waals surface area contributed by atoms with E-state index in [-0.39, 0.29) is 0 Å². The maximum Gasteiger partial charge on any atom is 0.459 e. The quantitative estimate of drug-likeness (QED) is 0.547. The Morgan fingerprint density at radius 3 is 1.37 bits per heavy atom. The third-order valence-electron chi connectivity index (χ3n) is 2.10. The van der Waals surface area contributed by atoms with E-state index in [9.17, 15) is 40.3 Å². The van der Waals surface area contributed by atoms with Crippen LogP contribution in [0.25, 0.3) is 0 Å². The second-order valence-electron chi connectivity index (χ2n) is 3.51. The van der Waals surface area contributed by atoms with E-state index < -0.39 is 47.3 Å². The van der Waals surface area contributed by atoms with E-state index in [4.69, 9.17) is 0 Å². The Labute approximate surface area is 111 Å². The third kappa shape index (κ3) is 4.20. The summed E-state index contributed by atoms with van der Waals surface area (Å²) in [6, 6.07) is 0. The van der Waals surface area contributed by atoms with Crippen LogP contribution in [-0.2, 0) is 9.59 Å². The summed E-state index contributed by atoms with van der Waals surface area (Å²) >= 11 is 9.35. The molecule has 0 bridgehead atoms. The summed E-state index contributed by atoms with van der Waals surface area (Å²) < 4.78 is 87.4. The molecule has 0 amide bonds. The van der Waals surface area contributed by atoms with Gasteiger partial charge in [-0.1, -0.05) is 0 Å². The van der Waals surface area contributed by atoms with Gasteiger partial charge in [-0.2, -0.15) is 30.7 Å². The zero-order chi connectivity index (χ0) is 15.6.